The summed E-state index contributed by atoms with van der Waals surface area (Å²) in [5.74, 6) is -1.26. The van der Waals surface area contributed by atoms with E-state index in [-0.39, 0.29) is 23.5 Å². The van der Waals surface area contributed by atoms with Gasteiger partial charge in [0.15, 0.2) is 5.69 Å². The summed E-state index contributed by atoms with van der Waals surface area (Å²) in [6, 6.07) is 13.0. The summed E-state index contributed by atoms with van der Waals surface area (Å²) in [6.07, 6.45) is 1.97. The highest BCUT2D eigenvalue weighted by Crippen LogP contribution is 2.36. The number of aliphatic hydroxyl groups excluding tert-OH is 1. The first-order valence-electron chi connectivity index (χ1n) is 16.0. The van der Waals surface area contributed by atoms with Crippen LogP contribution < -0.4 is 15.1 Å². The van der Waals surface area contributed by atoms with Crippen molar-refractivity contribution in [3.8, 4) is 0 Å². The summed E-state index contributed by atoms with van der Waals surface area (Å²) < 4.78 is 47.2. The number of nitrogens with zero attached hydrogens (tertiary/aromatic N) is 5. The summed E-state index contributed by atoms with van der Waals surface area (Å²) in [5.41, 5.74) is 0.0241. The Morgan fingerprint density at radius 1 is 0.891 bits per heavy atom. The third kappa shape index (κ3) is 7.14. The predicted octanol–water partition coefficient (Wildman–Crippen LogP) is 5.31. The summed E-state index contributed by atoms with van der Waals surface area (Å²) in [7, 11) is 0. The third-order valence-corrected chi connectivity index (χ3v) is 9.40. The molecule has 0 bridgehead atoms. The maximum absolute atomic E-state index is 13.9. The topological polar surface area (TPSA) is 115 Å². The van der Waals surface area contributed by atoms with Gasteiger partial charge < -0.3 is 29.5 Å². The molecular formula is C33H39F3N6O4. The maximum Gasteiger partial charge on any atom is 0.437 e. The molecule has 2 aliphatic heterocycles. The molecule has 2 amide bonds. The average molecular weight is 641 g/mol. The van der Waals surface area contributed by atoms with E-state index < -0.39 is 29.6 Å². The van der Waals surface area contributed by atoms with Gasteiger partial charge >= 0.3 is 6.18 Å². The highest BCUT2D eigenvalue weighted by atomic mass is 19.4. The average Bonchev–Trinajstić information content (AvgIpc) is 3.56. The molecular weight excluding hydrogens is 601 g/mol. The summed E-state index contributed by atoms with van der Waals surface area (Å²) in [5, 5.41) is 13.1. The van der Waals surface area contributed by atoms with Gasteiger partial charge in [0, 0.05) is 39.3 Å². The number of hydrogen-bond donors (Lipinski definition) is 2. The van der Waals surface area contributed by atoms with E-state index in [2.05, 4.69) is 15.3 Å². The first-order chi connectivity index (χ1) is 22.2. The minimum atomic E-state index is -4.88. The van der Waals surface area contributed by atoms with Crippen molar-refractivity contribution in [2.45, 2.75) is 63.1 Å². The van der Waals surface area contributed by atoms with Crippen LogP contribution in [0.1, 0.15) is 72.7 Å². The van der Waals surface area contributed by atoms with Crippen molar-refractivity contribution in [1.82, 2.24) is 14.9 Å². The highest BCUT2D eigenvalue weighted by Gasteiger charge is 2.42. The normalized spacial score (nSPS) is 19.3. The second-order valence-corrected chi connectivity index (χ2v) is 12.4. The van der Waals surface area contributed by atoms with E-state index in [0.717, 1.165) is 44.9 Å². The van der Waals surface area contributed by atoms with E-state index in [0.29, 0.717) is 51.0 Å². The smallest absolute Gasteiger partial charge is 0.417 e. The van der Waals surface area contributed by atoms with Gasteiger partial charge in [-0.25, -0.2) is 4.98 Å². The fraction of sp³-hybridized carbons (Fsp3) is 0.515. The van der Waals surface area contributed by atoms with E-state index in [9.17, 15) is 27.9 Å². The number of aliphatic hydroxyl groups is 1. The second-order valence-electron chi connectivity index (χ2n) is 12.4. The van der Waals surface area contributed by atoms with Crippen LogP contribution in [-0.2, 0) is 11.0 Å². The Hall–Kier alpha value is -4.13. The lowest BCUT2D eigenvalue weighted by atomic mass is 9.85. The lowest BCUT2D eigenvalue weighted by molar-refractivity contribution is -0.144. The Bertz CT molecular complexity index is 1480. The van der Waals surface area contributed by atoms with Gasteiger partial charge in [0.1, 0.15) is 11.9 Å². The predicted molar refractivity (Wildman–Crippen MR) is 166 cm³/mol. The van der Waals surface area contributed by atoms with Gasteiger partial charge in [-0.05, 0) is 55.2 Å². The Morgan fingerprint density at radius 2 is 1.59 bits per heavy atom. The van der Waals surface area contributed by atoms with Gasteiger partial charge in [-0.1, -0.05) is 49.6 Å². The van der Waals surface area contributed by atoms with Crippen LogP contribution in [0, 0.1) is 5.92 Å². The molecule has 10 nitrogen and oxygen atoms in total. The van der Waals surface area contributed by atoms with E-state index in [1.54, 1.807) is 21.9 Å². The number of hydrogen-bond acceptors (Lipinski definition) is 8. The van der Waals surface area contributed by atoms with Crippen LogP contribution in [0.15, 0.2) is 53.1 Å². The molecule has 1 aromatic carbocycles. The van der Waals surface area contributed by atoms with Crippen LogP contribution in [0.25, 0.3) is 0 Å². The van der Waals surface area contributed by atoms with Crippen LogP contribution in [0.2, 0.25) is 0 Å². The number of nitrogens with one attached hydrogen (secondary N) is 1. The summed E-state index contributed by atoms with van der Waals surface area (Å²) in [4.78, 5) is 39.3. The van der Waals surface area contributed by atoms with Crippen molar-refractivity contribution < 1.29 is 32.3 Å². The van der Waals surface area contributed by atoms with Gasteiger partial charge in [-0.3, -0.25) is 9.59 Å². The van der Waals surface area contributed by atoms with Crippen LogP contribution in [-0.4, -0.2) is 77.2 Å². The number of pyridine rings is 1. The highest BCUT2D eigenvalue weighted by molar-refractivity contribution is 6.03. The van der Waals surface area contributed by atoms with Crippen LogP contribution in [0.3, 0.4) is 0 Å². The number of carbonyl (C=O) groups is 2. The van der Waals surface area contributed by atoms with Gasteiger partial charge in [-0.15, -0.1) is 0 Å². The summed E-state index contributed by atoms with van der Waals surface area (Å²) >= 11 is 0. The Balaban J connectivity index is 1.05. The monoisotopic (exact) mass is 640 g/mol. The molecule has 3 aliphatic rings. The number of halogens is 3. The number of piperazine rings is 1. The zero-order chi connectivity index (χ0) is 32.3. The molecule has 3 fully saturated rings. The van der Waals surface area contributed by atoms with Crippen molar-refractivity contribution in [2.75, 3.05) is 54.4 Å². The van der Waals surface area contributed by atoms with Crippen molar-refractivity contribution in [3.63, 3.8) is 0 Å². The molecule has 1 unspecified atom stereocenters. The molecule has 6 rings (SSSR count). The molecule has 2 saturated heterocycles. The van der Waals surface area contributed by atoms with Gasteiger partial charge in [-0.2, -0.15) is 18.2 Å². The number of anilines is 3. The zero-order valence-corrected chi connectivity index (χ0v) is 25.6. The number of alkyl halides is 3. The largest absolute Gasteiger partial charge is 0.437 e. The minimum Gasteiger partial charge on any atom is -0.417 e. The molecule has 2 N–H and O–H groups in total. The molecule has 3 aromatic rings. The molecule has 0 radical (unpaired) electrons. The molecule has 46 heavy (non-hydrogen) atoms. The van der Waals surface area contributed by atoms with Gasteiger partial charge in [0.2, 0.25) is 5.76 Å². The zero-order valence-electron chi connectivity index (χ0n) is 25.6. The van der Waals surface area contributed by atoms with Crippen molar-refractivity contribution in [2.24, 2.45) is 5.92 Å². The molecule has 2 aromatic heterocycles. The Kier molecular flexibility index (Phi) is 9.48. The SMILES string of the molecule is O=C(Nc1ccc(N2CCN(C(=O)C(O)C3CCCCC3)CC2)nc1)c1oc(N2CCC(c3ccccc3)CC2)nc1C(F)(F)F. The number of aromatic nitrogens is 2. The van der Waals surface area contributed by atoms with Crippen LogP contribution in [0.4, 0.5) is 30.7 Å². The van der Waals surface area contributed by atoms with Crippen molar-refractivity contribution in [3.05, 3.63) is 65.7 Å². The fourth-order valence-corrected chi connectivity index (χ4v) is 6.75. The van der Waals surface area contributed by atoms with Crippen LogP contribution in [0.5, 0.6) is 0 Å². The Morgan fingerprint density at radius 3 is 2.22 bits per heavy atom. The molecule has 1 atom stereocenters. The molecule has 1 saturated carbocycles. The van der Waals surface area contributed by atoms with Crippen molar-refractivity contribution in [1.29, 1.82) is 0 Å². The minimum absolute atomic E-state index is 0.0249. The third-order valence-electron chi connectivity index (χ3n) is 9.40. The molecule has 246 valence electrons. The van der Waals surface area contributed by atoms with E-state index in [1.807, 2.05) is 35.2 Å². The van der Waals surface area contributed by atoms with Crippen molar-refractivity contribution >= 4 is 29.3 Å². The number of oxazole rings is 1. The van der Waals surface area contributed by atoms with Crippen LogP contribution >= 0.6 is 0 Å². The fourth-order valence-electron chi connectivity index (χ4n) is 6.75. The first-order valence-corrected chi connectivity index (χ1v) is 16.0. The van der Waals surface area contributed by atoms with E-state index >= 15 is 0 Å². The Labute approximate surface area is 265 Å². The second kappa shape index (κ2) is 13.7. The van der Waals surface area contributed by atoms with E-state index in [1.165, 1.54) is 11.8 Å². The molecule has 13 heteroatoms. The molecule has 0 spiro atoms. The number of benzene rings is 1. The number of rotatable bonds is 7. The number of piperidine rings is 1. The first kappa shape index (κ1) is 31.8. The summed E-state index contributed by atoms with van der Waals surface area (Å²) in [6.45, 7) is 2.82. The molecule has 4 heterocycles. The quantitative estimate of drug-likeness (QED) is 0.357. The maximum atomic E-state index is 13.9. The molecule has 1 aliphatic carbocycles. The van der Waals surface area contributed by atoms with Gasteiger partial charge in [0.05, 0.1) is 11.9 Å². The standard InChI is InChI=1S/C33H39F3N6O4/c34-33(35,36)29-28(46-32(39-29)42-15-13-23(14-16-42)22-7-3-1-4-8-22)30(44)38-25-11-12-26(37-21-25)40-17-19-41(20-18-40)31(45)27(43)24-9-5-2-6-10-24/h1,3-4,7-8,11-12,21,23-24,27,43H,2,5-6,9-10,13-20H2,(H,38,44). The lowest BCUT2D eigenvalue weighted by Crippen LogP contribution is -2.53. The lowest BCUT2D eigenvalue weighted by Gasteiger charge is -2.37. The number of amides is 2. The number of carbonyl (C=O) groups excluding carboxylic acids is 2. The van der Waals surface area contributed by atoms with E-state index in [4.69, 9.17) is 4.42 Å². The van der Waals surface area contributed by atoms with Gasteiger partial charge in [0.25, 0.3) is 17.8 Å².